The van der Waals surface area contributed by atoms with Crippen molar-refractivity contribution in [2.45, 2.75) is 19.5 Å². The van der Waals surface area contributed by atoms with Crippen molar-refractivity contribution in [3.05, 3.63) is 65.5 Å². The third-order valence-electron chi connectivity index (χ3n) is 4.33. The van der Waals surface area contributed by atoms with E-state index < -0.39 is 10.0 Å². The molecule has 1 aliphatic heterocycles. The van der Waals surface area contributed by atoms with Crippen LogP contribution in [0.3, 0.4) is 0 Å². The lowest BCUT2D eigenvalue weighted by molar-refractivity contribution is -0.132. The van der Waals surface area contributed by atoms with Gasteiger partial charge in [-0.1, -0.05) is 30.3 Å². The molecule has 0 radical (unpaired) electrons. The van der Waals surface area contributed by atoms with Gasteiger partial charge < -0.3 is 4.90 Å². The van der Waals surface area contributed by atoms with Gasteiger partial charge in [0.25, 0.3) is 0 Å². The van der Waals surface area contributed by atoms with E-state index in [1.54, 1.807) is 29.3 Å². The molecule has 0 unspecified atom stereocenters. The quantitative estimate of drug-likeness (QED) is 0.810. The van der Waals surface area contributed by atoms with Crippen molar-refractivity contribution in [2.75, 3.05) is 19.3 Å². The Kier molecular flexibility index (Phi) is 5.15. The van der Waals surface area contributed by atoms with Gasteiger partial charge >= 0.3 is 0 Å². The van der Waals surface area contributed by atoms with Crippen LogP contribution in [0.25, 0.3) is 0 Å². The van der Waals surface area contributed by atoms with Crippen molar-refractivity contribution in [3.63, 3.8) is 0 Å². The number of fused-ring (bicyclic) bond motifs is 1. The van der Waals surface area contributed by atoms with Gasteiger partial charge in [0.1, 0.15) is 0 Å². The molecule has 2 heterocycles. The number of amides is 1. The van der Waals surface area contributed by atoms with E-state index in [1.807, 2.05) is 18.2 Å². The first-order chi connectivity index (χ1) is 11.9. The topological polar surface area (TPSA) is 70.6 Å². The van der Waals surface area contributed by atoms with Gasteiger partial charge in [-0.3, -0.25) is 9.78 Å². The number of benzene rings is 1. The maximum atomic E-state index is 12.7. The molecule has 0 atom stereocenters. The lowest BCUT2D eigenvalue weighted by Gasteiger charge is -2.30. The largest absolute Gasteiger partial charge is 0.337 e. The van der Waals surface area contributed by atoms with Gasteiger partial charge in [0.15, 0.2) is 0 Å². The van der Waals surface area contributed by atoms with Crippen LogP contribution in [0.15, 0.2) is 48.7 Å². The number of pyridine rings is 1. The monoisotopic (exact) mass is 359 g/mol. The van der Waals surface area contributed by atoms with Crippen LogP contribution >= 0.6 is 0 Å². The highest BCUT2D eigenvalue weighted by Gasteiger charge is 2.26. The third-order valence-corrected chi connectivity index (χ3v) is 5.52. The Balaban J connectivity index is 1.71. The number of carbonyl (C=O) groups excluding carboxylic acids is 1. The lowest BCUT2D eigenvalue weighted by Crippen LogP contribution is -2.44. The molecule has 0 saturated heterocycles. The number of aromatic nitrogens is 1. The van der Waals surface area contributed by atoms with Crippen LogP contribution in [-0.4, -0.2) is 47.9 Å². The number of carbonyl (C=O) groups is 1. The number of hydrogen-bond acceptors (Lipinski definition) is 4. The fourth-order valence-electron chi connectivity index (χ4n) is 2.92. The van der Waals surface area contributed by atoms with Crippen LogP contribution in [0.4, 0.5) is 0 Å². The van der Waals surface area contributed by atoms with Gasteiger partial charge in [-0.25, -0.2) is 8.42 Å². The van der Waals surface area contributed by atoms with E-state index in [2.05, 4.69) is 11.1 Å². The van der Waals surface area contributed by atoms with Gasteiger partial charge in [-0.05, 0) is 29.7 Å². The Morgan fingerprint density at radius 3 is 2.56 bits per heavy atom. The van der Waals surface area contributed by atoms with E-state index in [0.717, 1.165) is 18.2 Å². The summed E-state index contributed by atoms with van der Waals surface area (Å²) in [5, 5.41) is 0. The molecule has 0 aliphatic carbocycles. The van der Waals surface area contributed by atoms with Crippen LogP contribution in [-0.2, 0) is 34.3 Å². The Labute approximate surface area is 148 Å². The zero-order chi connectivity index (χ0) is 17.9. The van der Waals surface area contributed by atoms with Crippen molar-refractivity contribution in [2.24, 2.45) is 0 Å². The predicted octanol–water partition coefficient (Wildman–Crippen LogP) is 1.43. The molecule has 2 aromatic rings. The lowest BCUT2D eigenvalue weighted by atomic mass is 10.00. The van der Waals surface area contributed by atoms with Crippen molar-refractivity contribution in [1.29, 1.82) is 0 Å². The first-order valence-electron chi connectivity index (χ1n) is 8.13. The Morgan fingerprint density at radius 2 is 1.88 bits per heavy atom. The summed E-state index contributed by atoms with van der Waals surface area (Å²) in [7, 11) is -3.51. The average Bonchev–Trinajstić information content (AvgIpc) is 2.61. The standard InChI is InChI=1S/C18H21N3O3S/c1-25(23,24)21(13-17-8-4-5-10-19-17)14-18(22)20-11-9-15-6-2-3-7-16(15)12-20/h2-8,10H,9,11-14H2,1H3. The van der Waals surface area contributed by atoms with Gasteiger partial charge in [0.05, 0.1) is 25.0 Å². The summed E-state index contributed by atoms with van der Waals surface area (Å²) in [6.45, 7) is 1.06. The smallest absolute Gasteiger partial charge is 0.238 e. The summed E-state index contributed by atoms with van der Waals surface area (Å²) >= 11 is 0. The summed E-state index contributed by atoms with van der Waals surface area (Å²) in [6, 6.07) is 13.3. The molecule has 6 nitrogen and oxygen atoms in total. The highest BCUT2D eigenvalue weighted by atomic mass is 32.2. The molecule has 1 aromatic carbocycles. The Bertz CT molecular complexity index is 853. The molecule has 7 heteroatoms. The summed E-state index contributed by atoms with van der Waals surface area (Å²) in [5.41, 5.74) is 2.99. The molecule has 1 aliphatic rings. The summed E-state index contributed by atoms with van der Waals surface area (Å²) in [6.07, 6.45) is 3.52. The minimum Gasteiger partial charge on any atom is -0.337 e. The highest BCUT2D eigenvalue weighted by molar-refractivity contribution is 7.88. The first-order valence-corrected chi connectivity index (χ1v) is 9.98. The molecular formula is C18H21N3O3S. The molecule has 0 saturated carbocycles. The van der Waals surface area contributed by atoms with Crippen molar-refractivity contribution in [1.82, 2.24) is 14.2 Å². The molecule has 0 bridgehead atoms. The SMILES string of the molecule is CS(=O)(=O)N(CC(=O)N1CCc2ccccc2C1)Cc1ccccn1. The number of rotatable bonds is 5. The van der Waals surface area contributed by atoms with E-state index >= 15 is 0 Å². The number of sulfonamides is 1. The van der Waals surface area contributed by atoms with Gasteiger partial charge in [-0.2, -0.15) is 4.31 Å². The minimum atomic E-state index is -3.51. The van der Waals surface area contributed by atoms with E-state index in [0.29, 0.717) is 18.8 Å². The van der Waals surface area contributed by atoms with Gasteiger partial charge in [0.2, 0.25) is 15.9 Å². The Morgan fingerprint density at radius 1 is 1.16 bits per heavy atom. The van der Waals surface area contributed by atoms with Gasteiger partial charge in [0, 0.05) is 19.3 Å². The van der Waals surface area contributed by atoms with Crippen LogP contribution in [0.2, 0.25) is 0 Å². The van der Waals surface area contributed by atoms with E-state index in [1.165, 1.54) is 9.87 Å². The zero-order valence-corrected chi connectivity index (χ0v) is 14.9. The second-order valence-corrected chi connectivity index (χ2v) is 8.17. The van der Waals surface area contributed by atoms with Crippen LogP contribution < -0.4 is 0 Å². The van der Waals surface area contributed by atoms with Gasteiger partial charge in [-0.15, -0.1) is 0 Å². The summed E-state index contributed by atoms with van der Waals surface area (Å²) in [5.74, 6) is -0.184. The van der Waals surface area contributed by atoms with Crippen molar-refractivity contribution in [3.8, 4) is 0 Å². The maximum absolute atomic E-state index is 12.7. The molecule has 132 valence electrons. The fraction of sp³-hybridized carbons (Fsp3) is 0.333. The minimum absolute atomic E-state index is 0.0931. The van der Waals surface area contributed by atoms with Crippen molar-refractivity contribution < 1.29 is 13.2 Å². The number of nitrogens with zero attached hydrogens (tertiary/aromatic N) is 3. The van der Waals surface area contributed by atoms with E-state index in [4.69, 9.17) is 0 Å². The zero-order valence-electron chi connectivity index (χ0n) is 14.1. The maximum Gasteiger partial charge on any atom is 0.238 e. The third kappa shape index (κ3) is 4.43. The predicted molar refractivity (Wildman–Crippen MR) is 95.1 cm³/mol. The van der Waals surface area contributed by atoms with Crippen LogP contribution in [0.1, 0.15) is 16.8 Å². The molecule has 1 aromatic heterocycles. The molecule has 1 amide bonds. The summed E-state index contributed by atoms with van der Waals surface area (Å²) < 4.78 is 25.3. The first kappa shape index (κ1) is 17.6. The van der Waals surface area contributed by atoms with Crippen molar-refractivity contribution >= 4 is 15.9 Å². The molecule has 3 rings (SSSR count). The normalized spacial score (nSPS) is 14.4. The molecular weight excluding hydrogens is 338 g/mol. The molecule has 0 fully saturated rings. The number of hydrogen-bond donors (Lipinski definition) is 0. The Hall–Kier alpha value is -2.25. The fourth-order valence-corrected chi connectivity index (χ4v) is 3.63. The van der Waals surface area contributed by atoms with Crippen LogP contribution in [0.5, 0.6) is 0 Å². The molecule has 25 heavy (non-hydrogen) atoms. The second-order valence-electron chi connectivity index (χ2n) is 6.19. The second kappa shape index (κ2) is 7.33. The molecule has 0 spiro atoms. The van der Waals surface area contributed by atoms with E-state index in [-0.39, 0.29) is 19.0 Å². The summed E-state index contributed by atoms with van der Waals surface area (Å²) in [4.78, 5) is 18.5. The van der Waals surface area contributed by atoms with E-state index in [9.17, 15) is 13.2 Å². The highest BCUT2D eigenvalue weighted by Crippen LogP contribution is 2.19. The average molecular weight is 359 g/mol. The molecule has 0 N–H and O–H groups in total. The van der Waals surface area contributed by atoms with Crippen LogP contribution in [0, 0.1) is 0 Å².